The summed E-state index contributed by atoms with van der Waals surface area (Å²) in [5.41, 5.74) is 1.22. The standard InChI is InChI=1S/C17H23FN2/c1-2-3-4-5-6-16(13-20-12-11-19-14-20)15-7-9-17(18)10-8-15/h7-12,14,16H,2-6,13H2,1H3. The zero-order valence-corrected chi connectivity index (χ0v) is 12.1. The summed E-state index contributed by atoms with van der Waals surface area (Å²) in [5, 5.41) is 0. The van der Waals surface area contributed by atoms with Crippen molar-refractivity contribution >= 4 is 0 Å². The minimum atomic E-state index is -0.166. The number of imidazole rings is 1. The van der Waals surface area contributed by atoms with E-state index in [4.69, 9.17) is 0 Å². The predicted molar refractivity (Wildman–Crippen MR) is 80.1 cm³/mol. The van der Waals surface area contributed by atoms with E-state index in [9.17, 15) is 4.39 Å². The summed E-state index contributed by atoms with van der Waals surface area (Å²) in [6, 6.07) is 6.94. The van der Waals surface area contributed by atoms with Crippen molar-refractivity contribution in [2.24, 2.45) is 0 Å². The van der Waals surface area contributed by atoms with Crippen LogP contribution in [0.15, 0.2) is 43.0 Å². The average Bonchev–Trinajstić information content (AvgIpc) is 2.96. The van der Waals surface area contributed by atoms with E-state index in [1.165, 1.54) is 31.2 Å². The third kappa shape index (κ3) is 4.48. The molecule has 0 aliphatic rings. The van der Waals surface area contributed by atoms with Crippen LogP contribution in [0.4, 0.5) is 4.39 Å². The van der Waals surface area contributed by atoms with Gasteiger partial charge in [0.1, 0.15) is 5.82 Å². The molecule has 1 heterocycles. The van der Waals surface area contributed by atoms with Crippen LogP contribution in [0, 0.1) is 5.82 Å². The van der Waals surface area contributed by atoms with Crippen LogP contribution in [0.1, 0.15) is 50.5 Å². The zero-order valence-electron chi connectivity index (χ0n) is 12.1. The Balaban J connectivity index is 2.00. The minimum absolute atomic E-state index is 0.166. The normalized spacial score (nSPS) is 12.5. The van der Waals surface area contributed by atoms with E-state index >= 15 is 0 Å². The van der Waals surface area contributed by atoms with Gasteiger partial charge in [-0.2, -0.15) is 0 Å². The summed E-state index contributed by atoms with van der Waals surface area (Å²) in [6.07, 6.45) is 11.8. The molecule has 1 aromatic heterocycles. The van der Waals surface area contributed by atoms with Gasteiger partial charge in [-0.25, -0.2) is 9.37 Å². The number of hydrogen-bond donors (Lipinski definition) is 0. The van der Waals surface area contributed by atoms with Gasteiger partial charge in [-0.1, -0.05) is 44.7 Å². The number of halogens is 1. The zero-order chi connectivity index (χ0) is 14.2. The van der Waals surface area contributed by atoms with Crippen LogP contribution in [-0.2, 0) is 6.54 Å². The van der Waals surface area contributed by atoms with Crippen molar-refractivity contribution in [1.29, 1.82) is 0 Å². The van der Waals surface area contributed by atoms with Crippen molar-refractivity contribution in [3.8, 4) is 0 Å². The highest BCUT2D eigenvalue weighted by Gasteiger charge is 2.12. The van der Waals surface area contributed by atoms with E-state index in [0.29, 0.717) is 5.92 Å². The van der Waals surface area contributed by atoms with Gasteiger partial charge in [0, 0.05) is 24.9 Å². The average molecular weight is 274 g/mol. The first-order valence-electron chi connectivity index (χ1n) is 7.50. The molecule has 0 aliphatic heterocycles. The number of nitrogens with zero attached hydrogens (tertiary/aromatic N) is 2. The Kier molecular flexibility index (Phi) is 5.78. The lowest BCUT2D eigenvalue weighted by Crippen LogP contribution is -2.08. The second-order valence-corrected chi connectivity index (χ2v) is 5.36. The van der Waals surface area contributed by atoms with E-state index in [1.54, 1.807) is 18.3 Å². The number of unbranched alkanes of at least 4 members (excludes halogenated alkanes) is 3. The van der Waals surface area contributed by atoms with E-state index in [2.05, 4.69) is 16.5 Å². The molecule has 2 aromatic rings. The second-order valence-electron chi connectivity index (χ2n) is 5.36. The van der Waals surface area contributed by atoms with Crippen LogP contribution in [0.3, 0.4) is 0 Å². The first-order valence-corrected chi connectivity index (χ1v) is 7.50. The van der Waals surface area contributed by atoms with Crippen LogP contribution >= 0.6 is 0 Å². The van der Waals surface area contributed by atoms with Gasteiger partial charge in [0.15, 0.2) is 0 Å². The molecule has 0 saturated heterocycles. The van der Waals surface area contributed by atoms with Crippen LogP contribution < -0.4 is 0 Å². The summed E-state index contributed by atoms with van der Waals surface area (Å²) < 4.78 is 15.2. The van der Waals surface area contributed by atoms with Gasteiger partial charge in [0.2, 0.25) is 0 Å². The Bertz CT molecular complexity index is 476. The molecule has 0 bridgehead atoms. The van der Waals surface area contributed by atoms with Crippen LogP contribution in [-0.4, -0.2) is 9.55 Å². The molecule has 0 spiro atoms. The quantitative estimate of drug-likeness (QED) is 0.634. The Morgan fingerprint density at radius 3 is 2.60 bits per heavy atom. The third-order valence-electron chi connectivity index (χ3n) is 3.74. The number of hydrogen-bond acceptors (Lipinski definition) is 1. The molecule has 0 aliphatic carbocycles. The van der Waals surface area contributed by atoms with Crippen molar-refractivity contribution in [3.05, 3.63) is 54.4 Å². The van der Waals surface area contributed by atoms with Crippen LogP contribution in [0.25, 0.3) is 0 Å². The molecule has 1 aromatic carbocycles. The van der Waals surface area contributed by atoms with Gasteiger partial charge >= 0.3 is 0 Å². The molecular formula is C17H23FN2. The molecule has 0 N–H and O–H groups in total. The van der Waals surface area contributed by atoms with Crippen LogP contribution in [0.5, 0.6) is 0 Å². The molecule has 20 heavy (non-hydrogen) atoms. The lowest BCUT2D eigenvalue weighted by molar-refractivity contribution is 0.491. The first-order chi connectivity index (χ1) is 9.79. The summed E-state index contributed by atoms with van der Waals surface area (Å²) >= 11 is 0. The smallest absolute Gasteiger partial charge is 0.123 e. The maximum Gasteiger partial charge on any atom is 0.123 e. The minimum Gasteiger partial charge on any atom is -0.337 e. The van der Waals surface area contributed by atoms with Gasteiger partial charge in [0.25, 0.3) is 0 Å². The highest BCUT2D eigenvalue weighted by Crippen LogP contribution is 2.25. The van der Waals surface area contributed by atoms with Crippen molar-refractivity contribution in [1.82, 2.24) is 9.55 Å². The SMILES string of the molecule is CCCCCCC(Cn1ccnc1)c1ccc(F)cc1. The molecule has 1 atom stereocenters. The molecular weight excluding hydrogens is 251 g/mol. The fourth-order valence-electron chi connectivity index (χ4n) is 2.57. The molecule has 2 rings (SSSR count). The Morgan fingerprint density at radius 2 is 1.95 bits per heavy atom. The second kappa shape index (κ2) is 7.83. The maximum absolute atomic E-state index is 13.1. The summed E-state index contributed by atoms with van der Waals surface area (Å²) in [4.78, 5) is 4.10. The first kappa shape index (κ1) is 14.8. The molecule has 0 saturated carbocycles. The van der Waals surface area contributed by atoms with Gasteiger partial charge in [-0.3, -0.25) is 0 Å². The largest absolute Gasteiger partial charge is 0.337 e. The molecule has 1 unspecified atom stereocenters. The molecule has 2 nitrogen and oxygen atoms in total. The fourth-order valence-corrected chi connectivity index (χ4v) is 2.57. The monoisotopic (exact) mass is 274 g/mol. The molecule has 3 heteroatoms. The van der Waals surface area contributed by atoms with Gasteiger partial charge < -0.3 is 4.57 Å². The summed E-state index contributed by atoms with van der Waals surface area (Å²) in [6.45, 7) is 3.14. The van der Waals surface area contributed by atoms with Crippen molar-refractivity contribution in [2.45, 2.75) is 51.5 Å². The van der Waals surface area contributed by atoms with E-state index in [0.717, 1.165) is 13.0 Å². The number of aromatic nitrogens is 2. The lowest BCUT2D eigenvalue weighted by Gasteiger charge is -2.18. The van der Waals surface area contributed by atoms with Crippen molar-refractivity contribution < 1.29 is 4.39 Å². The maximum atomic E-state index is 13.1. The lowest BCUT2D eigenvalue weighted by atomic mass is 9.93. The third-order valence-corrected chi connectivity index (χ3v) is 3.74. The molecule has 0 radical (unpaired) electrons. The van der Waals surface area contributed by atoms with Gasteiger partial charge in [-0.05, 0) is 24.1 Å². The fraction of sp³-hybridized carbons (Fsp3) is 0.471. The molecule has 108 valence electrons. The van der Waals surface area contributed by atoms with Crippen LogP contribution in [0.2, 0.25) is 0 Å². The Morgan fingerprint density at radius 1 is 1.15 bits per heavy atom. The Labute approximate surface area is 120 Å². The van der Waals surface area contributed by atoms with Gasteiger partial charge in [0.05, 0.1) is 6.33 Å². The predicted octanol–water partition coefficient (Wildman–Crippen LogP) is 4.78. The topological polar surface area (TPSA) is 17.8 Å². The molecule has 0 amide bonds. The van der Waals surface area contributed by atoms with E-state index < -0.39 is 0 Å². The summed E-state index contributed by atoms with van der Waals surface area (Å²) in [7, 11) is 0. The highest BCUT2D eigenvalue weighted by atomic mass is 19.1. The van der Waals surface area contributed by atoms with Crippen molar-refractivity contribution in [2.75, 3.05) is 0 Å². The molecule has 0 fully saturated rings. The van der Waals surface area contributed by atoms with E-state index in [1.807, 2.05) is 24.7 Å². The summed E-state index contributed by atoms with van der Waals surface area (Å²) in [5.74, 6) is 0.266. The van der Waals surface area contributed by atoms with Gasteiger partial charge in [-0.15, -0.1) is 0 Å². The van der Waals surface area contributed by atoms with E-state index in [-0.39, 0.29) is 5.82 Å². The highest BCUT2D eigenvalue weighted by molar-refractivity contribution is 5.20. The Hall–Kier alpha value is -1.64. The van der Waals surface area contributed by atoms with Crippen molar-refractivity contribution in [3.63, 3.8) is 0 Å². The number of benzene rings is 1. The number of rotatable bonds is 8.